The molecule has 0 bridgehead atoms. The van der Waals surface area contributed by atoms with Gasteiger partial charge in [0.15, 0.2) is 0 Å². The zero-order valence-corrected chi connectivity index (χ0v) is 14.2. The van der Waals surface area contributed by atoms with Crippen LogP contribution in [0.5, 0.6) is 0 Å². The van der Waals surface area contributed by atoms with Crippen molar-refractivity contribution in [2.24, 2.45) is 16.3 Å². The molecule has 2 atom stereocenters. The van der Waals surface area contributed by atoms with Gasteiger partial charge in [0.25, 0.3) is 10.2 Å². The first-order chi connectivity index (χ1) is 10.0. The van der Waals surface area contributed by atoms with Crippen LogP contribution < -0.4 is 10.9 Å². The predicted molar refractivity (Wildman–Crippen MR) is 82.0 cm³/mol. The topological polar surface area (TPSA) is 119 Å². The lowest BCUT2D eigenvalue weighted by Crippen LogP contribution is -2.76. The molecule has 128 valence electrons. The van der Waals surface area contributed by atoms with E-state index in [4.69, 9.17) is 15.6 Å². The summed E-state index contributed by atoms with van der Waals surface area (Å²) < 4.78 is 29.4. The molecule has 1 aliphatic heterocycles. The van der Waals surface area contributed by atoms with Crippen LogP contribution in [0.1, 0.15) is 27.2 Å². The smallest absolute Gasteiger partial charge is 0.277 e. The minimum Gasteiger partial charge on any atom is -0.378 e. The minimum absolute atomic E-state index is 0.0304. The van der Waals surface area contributed by atoms with E-state index in [-0.39, 0.29) is 25.1 Å². The van der Waals surface area contributed by atoms with Crippen molar-refractivity contribution >= 4 is 16.1 Å². The van der Waals surface area contributed by atoms with Crippen molar-refractivity contribution in [1.82, 2.24) is 9.21 Å². The lowest BCUT2D eigenvalue weighted by molar-refractivity contribution is -0.180. The number of hydrogen-bond acceptors (Lipinski definition) is 5. The third-order valence-electron chi connectivity index (χ3n) is 5.10. The van der Waals surface area contributed by atoms with Crippen LogP contribution in [-0.2, 0) is 19.7 Å². The van der Waals surface area contributed by atoms with Gasteiger partial charge in [-0.2, -0.15) is 12.7 Å². The molecule has 1 aliphatic carbocycles. The number of nitrogens with zero attached hydrogens (tertiary/aromatic N) is 2. The molecule has 0 aromatic carbocycles. The number of rotatable bonds is 4. The van der Waals surface area contributed by atoms with Crippen LogP contribution in [0.3, 0.4) is 0 Å². The molecule has 0 aromatic rings. The van der Waals surface area contributed by atoms with E-state index >= 15 is 0 Å². The standard InChI is InChI=1S/C13H26N4O4S/c1-4-21-10-9-13(14,12(10,2)3)11(18)16-5-7-17(8-6-16)22(15,19)20/h10H,4-9,14H2,1-3H3,(H2,15,19,20). The average molecular weight is 334 g/mol. The Balaban J connectivity index is 2.02. The van der Waals surface area contributed by atoms with E-state index in [1.165, 1.54) is 4.31 Å². The maximum absolute atomic E-state index is 12.8. The Bertz CT molecular complexity index is 542. The maximum Gasteiger partial charge on any atom is 0.277 e. The van der Waals surface area contributed by atoms with Crippen molar-refractivity contribution in [3.8, 4) is 0 Å². The van der Waals surface area contributed by atoms with Crippen LogP contribution in [0.2, 0.25) is 0 Å². The van der Waals surface area contributed by atoms with E-state index in [1.807, 2.05) is 20.8 Å². The average Bonchev–Trinajstić information content (AvgIpc) is 2.45. The molecule has 2 aliphatic rings. The zero-order chi connectivity index (χ0) is 16.8. The van der Waals surface area contributed by atoms with Crippen LogP contribution in [0, 0.1) is 5.41 Å². The van der Waals surface area contributed by atoms with Crippen molar-refractivity contribution in [2.45, 2.75) is 38.8 Å². The van der Waals surface area contributed by atoms with Gasteiger partial charge in [0, 0.05) is 44.6 Å². The van der Waals surface area contributed by atoms with Crippen LogP contribution in [0.15, 0.2) is 0 Å². The Hall–Kier alpha value is -0.740. The van der Waals surface area contributed by atoms with E-state index in [1.54, 1.807) is 4.90 Å². The SMILES string of the molecule is CCOC1CC(N)(C(=O)N2CCN(S(N)(=O)=O)CC2)C1(C)C. The first-order valence-corrected chi connectivity index (χ1v) is 9.02. The fraction of sp³-hybridized carbons (Fsp3) is 0.923. The number of ether oxygens (including phenoxy) is 1. The molecular formula is C13H26N4O4S. The highest BCUT2D eigenvalue weighted by Crippen LogP contribution is 2.50. The second kappa shape index (κ2) is 5.72. The Morgan fingerprint density at radius 2 is 1.82 bits per heavy atom. The molecule has 8 nitrogen and oxygen atoms in total. The molecule has 2 fully saturated rings. The van der Waals surface area contributed by atoms with Gasteiger partial charge in [0.05, 0.1) is 6.10 Å². The van der Waals surface area contributed by atoms with E-state index in [0.29, 0.717) is 26.1 Å². The molecule has 4 N–H and O–H groups in total. The number of amides is 1. The van der Waals surface area contributed by atoms with Crippen molar-refractivity contribution in [3.63, 3.8) is 0 Å². The fourth-order valence-corrected chi connectivity index (χ4v) is 3.90. The summed E-state index contributed by atoms with van der Waals surface area (Å²) in [4.78, 5) is 14.4. The van der Waals surface area contributed by atoms with Gasteiger partial charge in [-0.05, 0) is 6.92 Å². The minimum atomic E-state index is -3.70. The van der Waals surface area contributed by atoms with Crippen molar-refractivity contribution < 1.29 is 17.9 Å². The molecule has 1 saturated carbocycles. The van der Waals surface area contributed by atoms with E-state index in [2.05, 4.69) is 0 Å². The summed E-state index contributed by atoms with van der Waals surface area (Å²) in [6.07, 6.45) is 0.458. The first kappa shape index (κ1) is 17.6. The fourth-order valence-electron chi connectivity index (χ4n) is 3.23. The Morgan fingerprint density at radius 3 is 2.23 bits per heavy atom. The highest BCUT2D eigenvalue weighted by Gasteiger charge is 2.63. The summed E-state index contributed by atoms with van der Waals surface area (Å²) in [6.45, 7) is 7.41. The lowest BCUT2D eigenvalue weighted by atomic mass is 9.54. The molecule has 0 radical (unpaired) electrons. The highest BCUT2D eigenvalue weighted by atomic mass is 32.2. The Labute approximate surface area is 131 Å². The zero-order valence-electron chi connectivity index (χ0n) is 13.4. The van der Waals surface area contributed by atoms with Crippen LogP contribution in [0.4, 0.5) is 0 Å². The second-order valence-corrected chi connectivity index (χ2v) is 8.12. The molecule has 1 amide bonds. The number of carbonyl (C=O) groups excluding carboxylic acids is 1. The van der Waals surface area contributed by atoms with Crippen LogP contribution >= 0.6 is 0 Å². The van der Waals surface area contributed by atoms with Crippen LogP contribution in [0.25, 0.3) is 0 Å². The van der Waals surface area contributed by atoms with Gasteiger partial charge >= 0.3 is 0 Å². The normalized spacial score (nSPS) is 32.6. The Kier molecular flexibility index (Phi) is 4.58. The van der Waals surface area contributed by atoms with E-state index < -0.39 is 21.2 Å². The van der Waals surface area contributed by atoms with Gasteiger partial charge in [-0.25, -0.2) is 5.14 Å². The molecule has 9 heteroatoms. The van der Waals surface area contributed by atoms with Gasteiger partial charge in [0.2, 0.25) is 5.91 Å². The maximum atomic E-state index is 12.8. The summed E-state index contributed by atoms with van der Waals surface area (Å²) in [7, 11) is -3.70. The van der Waals surface area contributed by atoms with E-state index in [0.717, 1.165) is 0 Å². The van der Waals surface area contributed by atoms with Gasteiger partial charge in [-0.3, -0.25) is 4.79 Å². The van der Waals surface area contributed by atoms with Crippen molar-refractivity contribution in [2.75, 3.05) is 32.8 Å². The second-order valence-electron chi connectivity index (χ2n) is 6.58. The van der Waals surface area contributed by atoms with Gasteiger partial charge in [-0.1, -0.05) is 13.8 Å². The monoisotopic (exact) mass is 334 g/mol. The summed E-state index contributed by atoms with van der Waals surface area (Å²) in [6, 6.07) is 0. The quantitative estimate of drug-likeness (QED) is 0.674. The molecule has 1 saturated heterocycles. The highest BCUT2D eigenvalue weighted by molar-refractivity contribution is 7.86. The number of carbonyl (C=O) groups is 1. The number of piperazine rings is 1. The van der Waals surface area contributed by atoms with E-state index in [9.17, 15) is 13.2 Å². The van der Waals surface area contributed by atoms with Gasteiger partial charge < -0.3 is 15.4 Å². The molecule has 1 heterocycles. The van der Waals surface area contributed by atoms with Gasteiger partial charge in [-0.15, -0.1) is 0 Å². The summed E-state index contributed by atoms with van der Waals surface area (Å²) in [5, 5.41) is 5.10. The summed E-state index contributed by atoms with van der Waals surface area (Å²) in [5.41, 5.74) is 4.96. The molecule has 22 heavy (non-hydrogen) atoms. The lowest BCUT2D eigenvalue weighted by Gasteiger charge is -2.59. The van der Waals surface area contributed by atoms with Crippen molar-refractivity contribution in [3.05, 3.63) is 0 Å². The van der Waals surface area contributed by atoms with Crippen molar-refractivity contribution in [1.29, 1.82) is 0 Å². The van der Waals surface area contributed by atoms with Gasteiger partial charge in [0.1, 0.15) is 5.54 Å². The largest absolute Gasteiger partial charge is 0.378 e. The summed E-state index contributed by atoms with van der Waals surface area (Å²) in [5.74, 6) is -0.137. The van der Waals surface area contributed by atoms with Crippen LogP contribution in [-0.4, -0.2) is 68.0 Å². The molecule has 0 spiro atoms. The molecular weight excluding hydrogens is 308 g/mol. The molecule has 2 unspecified atom stereocenters. The number of hydrogen-bond donors (Lipinski definition) is 2. The summed E-state index contributed by atoms with van der Waals surface area (Å²) >= 11 is 0. The molecule has 0 aromatic heterocycles. The predicted octanol–water partition coefficient (Wildman–Crippen LogP) is -1.13. The molecule has 2 rings (SSSR count). The first-order valence-electron chi connectivity index (χ1n) is 7.51. The number of nitrogens with two attached hydrogens (primary N) is 2. The Morgan fingerprint density at radius 1 is 1.27 bits per heavy atom. The third kappa shape index (κ3) is 2.76. The third-order valence-corrected chi connectivity index (χ3v) is 6.18.